The van der Waals surface area contributed by atoms with Gasteiger partial charge in [-0.05, 0) is 25.5 Å². The number of aliphatic carboxylic acids is 2. The molecule has 0 saturated carbocycles. The summed E-state index contributed by atoms with van der Waals surface area (Å²) in [4.78, 5) is 29.1. The van der Waals surface area contributed by atoms with Gasteiger partial charge in [0.05, 0.1) is 11.9 Å². The fourth-order valence-electron chi connectivity index (χ4n) is 0.760. The Labute approximate surface area is 94.8 Å². The summed E-state index contributed by atoms with van der Waals surface area (Å²) in [6.45, 7) is 3.79. The van der Waals surface area contributed by atoms with Gasteiger partial charge in [0.1, 0.15) is 5.78 Å². The van der Waals surface area contributed by atoms with E-state index in [2.05, 4.69) is 6.92 Å². The molecule has 0 fully saturated rings. The molecule has 0 aliphatic rings. The van der Waals surface area contributed by atoms with E-state index >= 15 is 0 Å². The van der Waals surface area contributed by atoms with E-state index in [-0.39, 0.29) is 0 Å². The first-order valence-corrected chi connectivity index (χ1v) is 4.99. The minimum atomic E-state index is -1.55. The molecule has 16 heavy (non-hydrogen) atoms. The van der Waals surface area contributed by atoms with Crippen LogP contribution in [0.15, 0.2) is 12.2 Å². The number of Topliss-reactive ketones (excluding diaryl/α,β-unsaturated/α-hetero) is 1. The van der Waals surface area contributed by atoms with E-state index < -0.39 is 11.9 Å². The van der Waals surface area contributed by atoms with Crippen molar-refractivity contribution in [3.63, 3.8) is 0 Å². The molecule has 0 rings (SSSR count). The van der Waals surface area contributed by atoms with Crippen molar-refractivity contribution in [3.8, 4) is 0 Å². The van der Waals surface area contributed by atoms with Crippen molar-refractivity contribution in [1.29, 1.82) is 0 Å². The van der Waals surface area contributed by atoms with Crippen LogP contribution in [-0.4, -0.2) is 17.7 Å². The van der Waals surface area contributed by atoms with Gasteiger partial charge < -0.3 is 24.6 Å². The quantitative estimate of drug-likeness (QED) is 0.438. The minimum Gasteiger partial charge on any atom is -0.545 e. The monoisotopic (exact) mass is 228 g/mol. The van der Waals surface area contributed by atoms with Gasteiger partial charge >= 0.3 is 0 Å². The first-order valence-electron chi connectivity index (χ1n) is 4.99. The lowest BCUT2D eigenvalue weighted by Crippen LogP contribution is -2.23. The van der Waals surface area contributed by atoms with Crippen LogP contribution in [0.3, 0.4) is 0 Å². The number of hydrogen-bond acceptors (Lipinski definition) is 5. The number of carbonyl (C=O) groups is 3. The van der Waals surface area contributed by atoms with Crippen LogP contribution in [0.25, 0.3) is 0 Å². The number of unbranched alkanes of at least 4 members (excludes halogenated alkanes) is 2. The summed E-state index contributed by atoms with van der Waals surface area (Å²) in [7, 11) is 0. The molecule has 0 aliphatic heterocycles. The Hall–Kier alpha value is -1.65. The van der Waals surface area contributed by atoms with Gasteiger partial charge in [-0.2, -0.15) is 0 Å². The van der Waals surface area contributed by atoms with Gasteiger partial charge in [0.15, 0.2) is 0 Å². The molecule has 0 atom stereocenters. The summed E-state index contributed by atoms with van der Waals surface area (Å²) in [5.74, 6) is -2.78. The molecule has 0 unspecified atom stereocenters. The number of ketones is 1. The van der Waals surface area contributed by atoms with Crippen molar-refractivity contribution in [2.24, 2.45) is 0 Å². The second kappa shape index (κ2) is 11.4. The van der Waals surface area contributed by atoms with Gasteiger partial charge in [-0.15, -0.1) is 0 Å². The van der Waals surface area contributed by atoms with Crippen LogP contribution in [0.1, 0.15) is 39.5 Å². The van der Waals surface area contributed by atoms with Crippen LogP contribution in [0.5, 0.6) is 0 Å². The predicted molar refractivity (Wildman–Crippen MR) is 54.0 cm³/mol. The number of carboxylic acid groups (broad SMARTS) is 2. The first kappa shape index (κ1) is 16.8. The third-order valence-corrected chi connectivity index (χ3v) is 1.49. The standard InChI is InChI=1S/C7H14O.C4H4O4/c1-3-4-5-6-7(2)8;5-3(6)1-2-4(7)8/h3-6H2,1-2H3;1-2H,(H,5,6)(H,7,8)/p-2/b;2-1+. The fourth-order valence-corrected chi connectivity index (χ4v) is 0.760. The van der Waals surface area contributed by atoms with E-state index in [1.807, 2.05) is 0 Å². The Kier molecular flexibility index (Phi) is 12.0. The molecule has 5 heteroatoms. The van der Waals surface area contributed by atoms with Crippen molar-refractivity contribution >= 4 is 17.7 Å². The molecule has 0 heterocycles. The molecule has 0 amide bonds. The van der Waals surface area contributed by atoms with Crippen LogP contribution >= 0.6 is 0 Å². The molecule has 0 bridgehead atoms. The summed E-state index contributed by atoms with van der Waals surface area (Å²) in [6, 6.07) is 0. The fraction of sp³-hybridized carbons (Fsp3) is 0.545. The number of carboxylic acids is 2. The second-order valence-electron chi connectivity index (χ2n) is 3.13. The third-order valence-electron chi connectivity index (χ3n) is 1.49. The maximum absolute atomic E-state index is 10.3. The highest BCUT2D eigenvalue weighted by molar-refractivity contribution is 5.87. The van der Waals surface area contributed by atoms with Gasteiger partial charge in [-0.25, -0.2) is 0 Å². The van der Waals surface area contributed by atoms with Crippen molar-refractivity contribution in [3.05, 3.63) is 12.2 Å². The summed E-state index contributed by atoms with van der Waals surface area (Å²) in [5, 5.41) is 18.8. The van der Waals surface area contributed by atoms with Crippen molar-refractivity contribution in [1.82, 2.24) is 0 Å². The van der Waals surface area contributed by atoms with Gasteiger partial charge in [0.2, 0.25) is 0 Å². The molecule has 0 radical (unpaired) electrons. The number of carbonyl (C=O) groups excluding carboxylic acids is 3. The Morgan fingerprint density at radius 3 is 1.69 bits per heavy atom. The van der Waals surface area contributed by atoms with E-state index in [1.165, 1.54) is 12.8 Å². The van der Waals surface area contributed by atoms with E-state index in [9.17, 15) is 24.6 Å². The summed E-state index contributed by atoms with van der Waals surface area (Å²) in [6.07, 6.45) is 5.01. The zero-order valence-corrected chi connectivity index (χ0v) is 9.52. The summed E-state index contributed by atoms with van der Waals surface area (Å²) in [5.41, 5.74) is 0. The Bertz CT molecular complexity index is 239. The zero-order valence-electron chi connectivity index (χ0n) is 9.52. The van der Waals surface area contributed by atoms with Crippen LogP contribution < -0.4 is 10.2 Å². The van der Waals surface area contributed by atoms with E-state index in [4.69, 9.17) is 0 Å². The van der Waals surface area contributed by atoms with Crippen LogP contribution in [0.4, 0.5) is 0 Å². The number of rotatable bonds is 6. The Balaban J connectivity index is 0. The highest BCUT2D eigenvalue weighted by atomic mass is 16.4. The molecule has 0 saturated heterocycles. The van der Waals surface area contributed by atoms with Crippen LogP contribution in [0, 0.1) is 0 Å². The zero-order chi connectivity index (χ0) is 13.0. The van der Waals surface area contributed by atoms with Crippen molar-refractivity contribution in [2.75, 3.05) is 0 Å². The Morgan fingerprint density at radius 1 is 1.00 bits per heavy atom. The SMILES string of the molecule is CCCCCC(C)=O.O=C([O-])/C=C/C(=O)[O-]. The minimum absolute atomic E-state index is 0.318. The van der Waals surface area contributed by atoms with Crippen LogP contribution in [0.2, 0.25) is 0 Å². The van der Waals surface area contributed by atoms with E-state index in [0.29, 0.717) is 17.9 Å². The highest BCUT2D eigenvalue weighted by Gasteiger charge is 1.89. The van der Waals surface area contributed by atoms with Gasteiger partial charge in [-0.3, -0.25) is 0 Å². The largest absolute Gasteiger partial charge is 0.545 e. The Morgan fingerprint density at radius 2 is 1.44 bits per heavy atom. The molecule has 0 spiro atoms. The molecule has 0 aromatic heterocycles. The third kappa shape index (κ3) is 22.8. The molecule has 0 aliphatic carbocycles. The molecular formula is C11H16O5-2. The molecule has 0 aromatic carbocycles. The first-order chi connectivity index (χ1) is 7.40. The molecule has 0 aromatic rings. The van der Waals surface area contributed by atoms with Gasteiger partial charge in [-0.1, -0.05) is 19.8 Å². The van der Waals surface area contributed by atoms with Gasteiger partial charge in [0, 0.05) is 6.42 Å². The van der Waals surface area contributed by atoms with Gasteiger partial charge in [0.25, 0.3) is 0 Å². The molecular weight excluding hydrogens is 212 g/mol. The maximum Gasteiger partial charge on any atom is 0.129 e. The molecule has 92 valence electrons. The normalized spacial score (nSPS) is 9.38. The topological polar surface area (TPSA) is 97.3 Å². The van der Waals surface area contributed by atoms with Crippen molar-refractivity contribution in [2.45, 2.75) is 39.5 Å². The maximum atomic E-state index is 10.3. The second-order valence-corrected chi connectivity index (χ2v) is 3.13. The lowest BCUT2D eigenvalue weighted by molar-refractivity contribution is -0.301. The summed E-state index contributed by atoms with van der Waals surface area (Å²) >= 11 is 0. The van der Waals surface area contributed by atoms with Crippen LogP contribution in [-0.2, 0) is 14.4 Å². The average Bonchev–Trinajstić information content (AvgIpc) is 2.16. The molecule has 5 nitrogen and oxygen atoms in total. The summed E-state index contributed by atoms with van der Waals surface area (Å²) < 4.78 is 0. The number of hydrogen-bond donors (Lipinski definition) is 0. The lowest BCUT2D eigenvalue weighted by Gasteiger charge is -1.90. The van der Waals surface area contributed by atoms with Crippen molar-refractivity contribution < 1.29 is 24.6 Å². The van der Waals surface area contributed by atoms with E-state index in [1.54, 1.807) is 6.92 Å². The highest BCUT2D eigenvalue weighted by Crippen LogP contribution is 1.98. The predicted octanol–water partition coefficient (Wildman–Crippen LogP) is -0.802. The lowest BCUT2D eigenvalue weighted by atomic mass is 10.2. The van der Waals surface area contributed by atoms with E-state index in [0.717, 1.165) is 12.8 Å². The molecule has 0 N–H and O–H groups in total. The smallest absolute Gasteiger partial charge is 0.129 e. The average molecular weight is 228 g/mol.